The third kappa shape index (κ3) is 2.43. The lowest BCUT2D eigenvalue weighted by Crippen LogP contribution is -1.95. The third-order valence-electron chi connectivity index (χ3n) is 1.61. The van der Waals surface area contributed by atoms with Crippen LogP contribution in [0.2, 0.25) is 5.02 Å². The van der Waals surface area contributed by atoms with E-state index >= 15 is 0 Å². The van der Waals surface area contributed by atoms with Crippen LogP contribution in [0.5, 0.6) is 0 Å². The first-order chi connectivity index (χ1) is 6.16. The molecule has 0 N–H and O–H groups in total. The molecule has 0 atom stereocenters. The van der Waals surface area contributed by atoms with Crippen LogP contribution in [0.4, 0.5) is 4.39 Å². The van der Waals surface area contributed by atoms with E-state index in [2.05, 4.69) is 20.8 Å². The summed E-state index contributed by atoms with van der Waals surface area (Å²) < 4.78 is 14.0. The Morgan fingerprint density at radius 3 is 2.85 bits per heavy atom. The standard InChI is InChI=1S/C9H6BrClFN/c1-13-5-4-6-7(10)2-3-8(11)9(6)12/h2-3H,4-5H2. The van der Waals surface area contributed by atoms with Gasteiger partial charge in [0, 0.05) is 16.5 Å². The lowest BCUT2D eigenvalue weighted by atomic mass is 10.1. The Bertz CT molecular complexity index is 359. The van der Waals surface area contributed by atoms with Crippen molar-refractivity contribution in [2.75, 3.05) is 6.54 Å². The quantitative estimate of drug-likeness (QED) is 0.565. The summed E-state index contributed by atoms with van der Waals surface area (Å²) in [5.41, 5.74) is 0.475. The van der Waals surface area contributed by atoms with Crippen molar-refractivity contribution >= 4 is 27.5 Å². The molecule has 68 valence electrons. The minimum atomic E-state index is -0.431. The zero-order chi connectivity index (χ0) is 9.84. The van der Waals surface area contributed by atoms with Crippen LogP contribution in [0, 0.1) is 12.4 Å². The largest absolute Gasteiger partial charge is 0.317 e. The number of rotatable bonds is 2. The topological polar surface area (TPSA) is 4.36 Å². The van der Waals surface area contributed by atoms with Crippen LogP contribution in [0.3, 0.4) is 0 Å². The van der Waals surface area contributed by atoms with Crippen LogP contribution in [-0.4, -0.2) is 6.54 Å². The average Bonchev–Trinajstić information content (AvgIpc) is 2.12. The van der Waals surface area contributed by atoms with E-state index in [1.165, 1.54) is 6.07 Å². The maximum atomic E-state index is 13.3. The highest BCUT2D eigenvalue weighted by Gasteiger charge is 2.11. The normalized spacial score (nSPS) is 9.69. The lowest BCUT2D eigenvalue weighted by molar-refractivity contribution is 0.610. The van der Waals surface area contributed by atoms with Gasteiger partial charge < -0.3 is 4.85 Å². The summed E-state index contributed by atoms with van der Waals surface area (Å²) >= 11 is 8.80. The summed E-state index contributed by atoms with van der Waals surface area (Å²) in [6.45, 7) is 6.87. The summed E-state index contributed by atoms with van der Waals surface area (Å²) in [5.74, 6) is -0.431. The first kappa shape index (κ1) is 10.5. The third-order valence-corrected chi connectivity index (χ3v) is 2.65. The molecule has 0 amide bonds. The fraction of sp³-hybridized carbons (Fsp3) is 0.222. The van der Waals surface area contributed by atoms with E-state index in [1.54, 1.807) is 6.07 Å². The number of nitrogens with zero attached hydrogens (tertiary/aromatic N) is 1. The average molecular weight is 263 g/mol. The first-order valence-electron chi connectivity index (χ1n) is 3.62. The van der Waals surface area contributed by atoms with E-state index in [-0.39, 0.29) is 11.6 Å². The molecule has 0 aromatic heterocycles. The van der Waals surface area contributed by atoms with Gasteiger partial charge in [-0.1, -0.05) is 27.5 Å². The van der Waals surface area contributed by atoms with Gasteiger partial charge in [-0.25, -0.2) is 11.0 Å². The van der Waals surface area contributed by atoms with Gasteiger partial charge in [0.1, 0.15) is 5.82 Å². The van der Waals surface area contributed by atoms with Crippen LogP contribution < -0.4 is 0 Å². The van der Waals surface area contributed by atoms with Gasteiger partial charge in [-0.05, 0) is 12.1 Å². The zero-order valence-corrected chi connectivity index (χ0v) is 8.99. The van der Waals surface area contributed by atoms with Gasteiger partial charge in [0.05, 0.1) is 5.02 Å². The lowest BCUT2D eigenvalue weighted by Gasteiger charge is -2.03. The molecule has 1 rings (SSSR count). The Morgan fingerprint density at radius 1 is 1.54 bits per heavy atom. The van der Waals surface area contributed by atoms with Crippen molar-refractivity contribution in [1.29, 1.82) is 0 Å². The minimum Gasteiger partial charge on any atom is -0.317 e. The second-order valence-corrected chi connectivity index (χ2v) is 3.72. The number of hydrogen-bond acceptors (Lipinski definition) is 0. The highest BCUT2D eigenvalue weighted by molar-refractivity contribution is 9.10. The van der Waals surface area contributed by atoms with Crippen LogP contribution in [0.25, 0.3) is 4.85 Å². The molecule has 0 saturated carbocycles. The van der Waals surface area contributed by atoms with Gasteiger partial charge in [-0.15, -0.1) is 0 Å². The SMILES string of the molecule is [C-]#[N+]CCc1c(Br)ccc(Cl)c1F. The number of hydrogen-bond donors (Lipinski definition) is 0. The molecular formula is C9H6BrClFN. The molecular weight excluding hydrogens is 256 g/mol. The van der Waals surface area contributed by atoms with Gasteiger partial charge in [0.2, 0.25) is 6.54 Å². The molecule has 0 aliphatic heterocycles. The predicted molar refractivity (Wildman–Crippen MR) is 54.3 cm³/mol. The Morgan fingerprint density at radius 2 is 2.23 bits per heavy atom. The number of halogens is 3. The molecule has 0 aliphatic carbocycles. The van der Waals surface area contributed by atoms with E-state index in [0.717, 1.165) is 0 Å². The fourth-order valence-corrected chi connectivity index (χ4v) is 1.65. The van der Waals surface area contributed by atoms with Crippen molar-refractivity contribution in [2.45, 2.75) is 6.42 Å². The molecule has 1 aromatic rings. The Kier molecular flexibility index (Phi) is 3.71. The molecule has 0 aliphatic rings. The monoisotopic (exact) mass is 261 g/mol. The van der Waals surface area contributed by atoms with Crippen LogP contribution in [0.1, 0.15) is 5.56 Å². The molecule has 4 heteroatoms. The summed E-state index contributed by atoms with van der Waals surface area (Å²) in [4.78, 5) is 3.16. The van der Waals surface area contributed by atoms with E-state index in [4.69, 9.17) is 18.2 Å². The molecule has 0 fully saturated rings. The van der Waals surface area contributed by atoms with Crippen molar-refractivity contribution in [1.82, 2.24) is 0 Å². The van der Waals surface area contributed by atoms with E-state index in [1.807, 2.05) is 0 Å². The van der Waals surface area contributed by atoms with Gasteiger partial charge in [-0.3, -0.25) is 0 Å². The Balaban J connectivity index is 3.04. The van der Waals surface area contributed by atoms with Gasteiger partial charge in [0.15, 0.2) is 0 Å². The zero-order valence-electron chi connectivity index (χ0n) is 6.65. The van der Waals surface area contributed by atoms with Crippen molar-refractivity contribution in [3.05, 3.63) is 44.4 Å². The van der Waals surface area contributed by atoms with Crippen LogP contribution >= 0.6 is 27.5 Å². The molecule has 0 unspecified atom stereocenters. The summed E-state index contributed by atoms with van der Waals surface area (Å²) in [6, 6.07) is 3.17. The molecule has 0 bridgehead atoms. The van der Waals surface area contributed by atoms with E-state index < -0.39 is 5.82 Å². The van der Waals surface area contributed by atoms with Crippen molar-refractivity contribution in [2.24, 2.45) is 0 Å². The Labute approximate surface area is 89.5 Å². The van der Waals surface area contributed by atoms with Crippen molar-refractivity contribution in [3.8, 4) is 0 Å². The smallest absolute Gasteiger partial charge is 0.218 e. The van der Waals surface area contributed by atoms with E-state index in [9.17, 15) is 4.39 Å². The minimum absolute atomic E-state index is 0.100. The molecule has 1 nitrogen and oxygen atoms in total. The highest BCUT2D eigenvalue weighted by atomic mass is 79.9. The second kappa shape index (κ2) is 4.59. The highest BCUT2D eigenvalue weighted by Crippen LogP contribution is 2.26. The fourth-order valence-electron chi connectivity index (χ4n) is 0.966. The second-order valence-electron chi connectivity index (χ2n) is 2.45. The van der Waals surface area contributed by atoms with Crippen molar-refractivity contribution < 1.29 is 4.39 Å². The maximum Gasteiger partial charge on any atom is 0.218 e. The summed E-state index contributed by atoms with van der Waals surface area (Å²) in [6.07, 6.45) is 0.385. The maximum absolute atomic E-state index is 13.3. The van der Waals surface area contributed by atoms with E-state index in [0.29, 0.717) is 16.5 Å². The summed E-state index contributed by atoms with van der Waals surface area (Å²) in [5, 5.41) is 0.100. The molecule has 0 radical (unpaired) electrons. The molecule has 13 heavy (non-hydrogen) atoms. The molecule has 0 saturated heterocycles. The molecule has 0 spiro atoms. The van der Waals surface area contributed by atoms with Gasteiger partial charge >= 0.3 is 0 Å². The van der Waals surface area contributed by atoms with Gasteiger partial charge in [-0.2, -0.15) is 0 Å². The van der Waals surface area contributed by atoms with Crippen LogP contribution in [0.15, 0.2) is 16.6 Å². The first-order valence-corrected chi connectivity index (χ1v) is 4.79. The molecule has 1 aromatic carbocycles. The van der Waals surface area contributed by atoms with Crippen molar-refractivity contribution in [3.63, 3.8) is 0 Å². The number of benzene rings is 1. The predicted octanol–water partition coefficient (Wildman–Crippen LogP) is 3.70. The molecule has 0 heterocycles. The Hall–Kier alpha value is -0.590. The van der Waals surface area contributed by atoms with Gasteiger partial charge in [0.25, 0.3) is 0 Å². The summed E-state index contributed by atoms with van der Waals surface area (Å²) in [7, 11) is 0. The van der Waals surface area contributed by atoms with Crippen LogP contribution in [-0.2, 0) is 6.42 Å².